The van der Waals surface area contributed by atoms with Crippen LogP contribution in [0, 0.1) is 11.8 Å². The zero-order valence-corrected chi connectivity index (χ0v) is 19.3. The van der Waals surface area contributed by atoms with Gasteiger partial charge in [-0.1, -0.05) is 63.2 Å². The Hall–Kier alpha value is -3.40. The molecule has 33 heavy (non-hydrogen) atoms. The minimum atomic E-state index is -0.373. The van der Waals surface area contributed by atoms with E-state index < -0.39 is 0 Å². The lowest BCUT2D eigenvalue weighted by Crippen LogP contribution is -2.41. The maximum atomic E-state index is 13.9. The lowest BCUT2D eigenvalue weighted by atomic mass is 9.54. The van der Waals surface area contributed by atoms with Gasteiger partial charge in [0.25, 0.3) is 0 Å². The van der Waals surface area contributed by atoms with Crippen LogP contribution < -0.4 is 9.64 Å². The van der Waals surface area contributed by atoms with Crippen LogP contribution in [0.4, 0.5) is 5.69 Å². The van der Waals surface area contributed by atoms with Gasteiger partial charge in [-0.15, -0.1) is 0 Å². The Morgan fingerprint density at radius 1 is 0.727 bits per heavy atom. The maximum absolute atomic E-state index is 13.9. The van der Waals surface area contributed by atoms with Crippen LogP contribution in [0.15, 0.2) is 66.7 Å². The molecule has 2 amide bonds. The molecule has 0 radical (unpaired) electrons. The molecule has 3 aliphatic carbocycles. The largest absolute Gasteiger partial charge is 0.497 e. The van der Waals surface area contributed by atoms with Gasteiger partial charge in [0.1, 0.15) is 5.75 Å². The zero-order chi connectivity index (χ0) is 23.1. The maximum Gasteiger partial charge on any atom is 0.238 e. The van der Waals surface area contributed by atoms with Crippen LogP contribution >= 0.6 is 0 Å². The summed E-state index contributed by atoms with van der Waals surface area (Å²) in [5.74, 6) is -0.427. The second kappa shape index (κ2) is 6.80. The summed E-state index contributed by atoms with van der Waals surface area (Å²) in [6.07, 6.45) is 0. The smallest absolute Gasteiger partial charge is 0.238 e. The van der Waals surface area contributed by atoms with Crippen molar-refractivity contribution < 1.29 is 14.3 Å². The van der Waals surface area contributed by atoms with Crippen LogP contribution in [0.25, 0.3) is 0 Å². The van der Waals surface area contributed by atoms with Crippen molar-refractivity contribution in [3.8, 4) is 5.75 Å². The third kappa shape index (κ3) is 2.70. The number of amides is 2. The SMILES string of the molecule is COc1ccc(N2C(=O)C3C4c5ccccc5C(c5cc(C(C)(C)C)ccc54)C3C2=O)cc1. The normalized spacial score (nSPS) is 25.0. The number of nitrogens with zero attached hydrogens (tertiary/aromatic N) is 1. The highest BCUT2D eigenvalue weighted by atomic mass is 16.5. The Bertz CT molecular complexity index is 1300. The molecule has 3 aromatic carbocycles. The van der Waals surface area contributed by atoms with Gasteiger partial charge < -0.3 is 4.74 Å². The first-order valence-corrected chi connectivity index (χ1v) is 11.6. The van der Waals surface area contributed by atoms with Gasteiger partial charge in [-0.3, -0.25) is 9.59 Å². The lowest BCUT2D eigenvalue weighted by molar-refractivity contribution is -0.122. The van der Waals surface area contributed by atoms with Gasteiger partial charge >= 0.3 is 0 Å². The molecule has 166 valence electrons. The van der Waals surface area contributed by atoms with Crippen molar-refractivity contribution in [2.45, 2.75) is 38.0 Å². The number of carbonyl (C=O) groups excluding carboxylic acids is 2. The average molecular weight is 438 g/mol. The van der Waals surface area contributed by atoms with E-state index in [-0.39, 0.29) is 40.9 Å². The third-order valence-corrected chi connectivity index (χ3v) is 7.74. The highest BCUT2D eigenvalue weighted by Crippen LogP contribution is 2.61. The van der Waals surface area contributed by atoms with Crippen LogP contribution in [0.5, 0.6) is 5.75 Å². The predicted molar refractivity (Wildman–Crippen MR) is 128 cm³/mol. The van der Waals surface area contributed by atoms with Gasteiger partial charge in [-0.05, 0) is 57.5 Å². The summed E-state index contributed by atoms with van der Waals surface area (Å²) < 4.78 is 5.26. The van der Waals surface area contributed by atoms with Crippen LogP contribution in [-0.2, 0) is 15.0 Å². The van der Waals surface area contributed by atoms with E-state index in [1.165, 1.54) is 32.7 Å². The highest BCUT2D eigenvalue weighted by Gasteiger charge is 2.61. The van der Waals surface area contributed by atoms with Gasteiger partial charge in [0.2, 0.25) is 11.8 Å². The van der Waals surface area contributed by atoms with Gasteiger partial charge in [-0.2, -0.15) is 0 Å². The van der Waals surface area contributed by atoms with Crippen molar-refractivity contribution in [1.82, 2.24) is 0 Å². The Morgan fingerprint density at radius 2 is 1.27 bits per heavy atom. The first-order valence-electron chi connectivity index (χ1n) is 11.6. The minimum Gasteiger partial charge on any atom is -0.497 e. The van der Waals surface area contributed by atoms with Crippen molar-refractivity contribution >= 4 is 17.5 Å². The van der Waals surface area contributed by atoms with Crippen LogP contribution in [0.2, 0.25) is 0 Å². The Balaban J connectivity index is 1.53. The lowest BCUT2D eigenvalue weighted by Gasteiger charge is -2.46. The van der Waals surface area contributed by atoms with Crippen LogP contribution in [-0.4, -0.2) is 18.9 Å². The average Bonchev–Trinajstić information content (AvgIpc) is 3.09. The second-order valence-electron chi connectivity index (χ2n) is 10.4. The Labute approximate surface area is 194 Å². The summed E-state index contributed by atoms with van der Waals surface area (Å²) in [6.45, 7) is 6.63. The molecule has 0 aromatic heterocycles. The predicted octanol–water partition coefficient (Wildman–Crippen LogP) is 5.39. The van der Waals surface area contributed by atoms with Crippen molar-refractivity contribution in [2.75, 3.05) is 12.0 Å². The summed E-state index contributed by atoms with van der Waals surface area (Å²) in [4.78, 5) is 29.1. The fraction of sp³-hybridized carbons (Fsp3) is 0.310. The summed E-state index contributed by atoms with van der Waals surface area (Å²) in [7, 11) is 1.60. The fourth-order valence-corrected chi connectivity index (χ4v) is 6.18. The molecule has 4 atom stereocenters. The summed E-state index contributed by atoms with van der Waals surface area (Å²) in [5.41, 5.74) is 6.68. The molecule has 1 fully saturated rings. The molecular formula is C29H27NO3. The number of anilines is 1. The minimum absolute atomic E-state index is 0.00920. The van der Waals surface area contributed by atoms with Crippen molar-refractivity contribution in [1.29, 1.82) is 0 Å². The fourth-order valence-electron chi connectivity index (χ4n) is 6.18. The molecule has 1 aliphatic heterocycles. The monoisotopic (exact) mass is 437 g/mol. The summed E-state index contributed by atoms with van der Waals surface area (Å²) >= 11 is 0. The summed E-state index contributed by atoms with van der Waals surface area (Å²) in [5, 5.41) is 0. The topological polar surface area (TPSA) is 46.6 Å². The molecule has 7 rings (SSSR count). The van der Waals surface area contributed by atoms with Gasteiger partial charge in [-0.25, -0.2) is 4.90 Å². The van der Waals surface area contributed by atoms with E-state index in [1.54, 1.807) is 31.4 Å². The molecule has 0 spiro atoms. The van der Waals surface area contributed by atoms with E-state index in [9.17, 15) is 9.59 Å². The highest BCUT2D eigenvalue weighted by molar-refractivity contribution is 6.23. The number of hydrogen-bond acceptors (Lipinski definition) is 3. The summed E-state index contributed by atoms with van der Waals surface area (Å²) in [6, 6.07) is 22.2. The molecule has 3 aromatic rings. The molecule has 4 unspecified atom stereocenters. The van der Waals surface area contributed by atoms with E-state index in [2.05, 4.69) is 51.1 Å². The number of methoxy groups -OCH3 is 1. The molecule has 2 bridgehead atoms. The van der Waals surface area contributed by atoms with E-state index in [0.29, 0.717) is 11.4 Å². The van der Waals surface area contributed by atoms with Crippen LogP contribution in [0.1, 0.15) is 60.4 Å². The van der Waals surface area contributed by atoms with E-state index in [4.69, 9.17) is 4.74 Å². The van der Waals surface area contributed by atoms with Gasteiger partial charge in [0, 0.05) is 11.8 Å². The van der Waals surface area contributed by atoms with Crippen molar-refractivity contribution in [3.05, 3.63) is 94.5 Å². The number of carbonyl (C=O) groups is 2. The molecule has 4 heteroatoms. The Morgan fingerprint density at radius 3 is 1.82 bits per heavy atom. The van der Waals surface area contributed by atoms with Crippen molar-refractivity contribution in [3.63, 3.8) is 0 Å². The number of benzene rings is 3. The number of hydrogen-bond donors (Lipinski definition) is 0. The molecule has 1 heterocycles. The van der Waals surface area contributed by atoms with Crippen LogP contribution in [0.3, 0.4) is 0 Å². The van der Waals surface area contributed by atoms with E-state index in [1.807, 2.05) is 12.1 Å². The van der Waals surface area contributed by atoms with E-state index >= 15 is 0 Å². The van der Waals surface area contributed by atoms with Crippen molar-refractivity contribution in [2.24, 2.45) is 11.8 Å². The Kier molecular flexibility index (Phi) is 4.17. The quantitative estimate of drug-likeness (QED) is 0.505. The molecular weight excluding hydrogens is 410 g/mol. The second-order valence-corrected chi connectivity index (χ2v) is 10.4. The molecule has 4 nitrogen and oxygen atoms in total. The molecule has 1 saturated heterocycles. The first-order chi connectivity index (χ1) is 15.8. The first kappa shape index (κ1) is 20.2. The third-order valence-electron chi connectivity index (χ3n) is 7.74. The molecule has 0 N–H and O–H groups in total. The van der Waals surface area contributed by atoms with Gasteiger partial charge in [0.15, 0.2) is 0 Å². The zero-order valence-electron chi connectivity index (χ0n) is 19.3. The number of imide groups is 1. The standard InChI is InChI=1S/C29H27NO3/c1-29(2,3)16-9-14-21-22(15-16)24-20-8-6-5-7-19(20)23(21)25-26(24)28(32)30(27(25)31)17-10-12-18(33-4)13-11-17/h5-15,23-26H,1-4H3. The molecule has 4 aliphatic rings. The van der Waals surface area contributed by atoms with E-state index in [0.717, 1.165) is 0 Å². The molecule has 0 saturated carbocycles. The number of ether oxygens (including phenoxy) is 1. The van der Waals surface area contributed by atoms with Gasteiger partial charge in [0.05, 0.1) is 24.6 Å². The number of rotatable bonds is 2.